The van der Waals surface area contributed by atoms with E-state index in [4.69, 9.17) is 4.42 Å². The summed E-state index contributed by atoms with van der Waals surface area (Å²) in [6, 6.07) is 0. The van der Waals surface area contributed by atoms with Crippen molar-refractivity contribution < 1.29 is 9.21 Å². The maximum atomic E-state index is 11.8. The van der Waals surface area contributed by atoms with Crippen molar-refractivity contribution in [1.82, 2.24) is 19.9 Å². The predicted octanol–water partition coefficient (Wildman–Crippen LogP) is 1.52. The van der Waals surface area contributed by atoms with E-state index in [9.17, 15) is 4.79 Å². The van der Waals surface area contributed by atoms with Crippen molar-refractivity contribution >= 4 is 5.91 Å². The van der Waals surface area contributed by atoms with E-state index in [1.165, 1.54) is 6.39 Å². The van der Waals surface area contributed by atoms with Crippen LogP contribution in [0.2, 0.25) is 0 Å². The van der Waals surface area contributed by atoms with Gasteiger partial charge in [0.15, 0.2) is 12.1 Å². The predicted molar refractivity (Wildman–Crippen MR) is 64.9 cm³/mol. The van der Waals surface area contributed by atoms with Gasteiger partial charge in [-0.05, 0) is 13.3 Å². The highest BCUT2D eigenvalue weighted by Crippen LogP contribution is 2.05. The molecule has 0 aromatic carbocycles. The summed E-state index contributed by atoms with van der Waals surface area (Å²) in [6.45, 7) is 5.09. The molecule has 0 bridgehead atoms. The maximum absolute atomic E-state index is 11.8. The molecule has 96 valence electrons. The second-order valence-corrected chi connectivity index (χ2v) is 3.98. The summed E-state index contributed by atoms with van der Waals surface area (Å²) in [5.41, 5.74) is 0.323. The Labute approximate surface area is 105 Å². The van der Waals surface area contributed by atoms with Gasteiger partial charge in [-0.3, -0.25) is 4.79 Å². The molecule has 2 aromatic heterocycles. The van der Waals surface area contributed by atoms with Crippen molar-refractivity contribution in [2.75, 3.05) is 0 Å². The molecule has 6 nitrogen and oxygen atoms in total. The molecule has 0 fully saturated rings. The van der Waals surface area contributed by atoms with E-state index in [0.29, 0.717) is 18.0 Å². The summed E-state index contributed by atoms with van der Waals surface area (Å²) in [5, 5.41) is 2.78. The number of nitrogens with zero attached hydrogens (tertiary/aromatic N) is 3. The number of oxazole rings is 1. The Hall–Kier alpha value is -2.11. The lowest BCUT2D eigenvalue weighted by Gasteiger charge is -2.07. The van der Waals surface area contributed by atoms with Crippen LogP contribution < -0.4 is 5.32 Å². The number of carbonyl (C=O) groups is 1. The summed E-state index contributed by atoms with van der Waals surface area (Å²) in [7, 11) is 0. The second kappa shape index (κ2) is 5.48. The molecule has 0 radical (unpaired) electrons. The number of aryl methyl sites for hydroxylation is 2. The molecule has 1 N–H and O–H groups in total. The number of amides is 1. The Kier molecular flexibility index (Phi) is 3.76. The first-order valence-electron chi connectivity index (χ1n) is 5.90. The maximum Gasteiger partial charge on any atom is 0.273 e. The second-order valence-electron chi connectivity index (χ2n) is 3.98. The molecule has 0 saturated heterocycles. The first-order valence-corrected chi connectivity index (χ1v) is 5.90. The third-order valence-corrected chi connectivity index (χ3v) is 2.63. The smallest absolute Gasteiger partial charge is 0.273 e. The van der Waals surface area contributed by atoms with Crippen LogP contribution in [0.1, 0.15) is 35.4 Å². The van der Waals surface area contributed by atoms with E-state index in [1.807, 2.05) is 10.8 Å². The van der Waals surface area contributed by atoms with Gasteiger partial charge in [-0.2, -0.15) is 0 Å². The summed E-state index contributed by atoms with van der Waals surface area (Å²) in [5.74, 6) is 1.11. The zero-order chi connectivity index (χ0) is 13.0. The highest BCUT2D eigenvalue weighted by Gasteiger charge is 2.13. The van der Waals surface area contributed by atoms with Crippen LogP contribution in [0.25, 0.3) is 0 Å². The lowest BCUT2D eigenvalue weighted by atomic mass is 10.3. The van der Waals surface area contributed by atoms with Crippen molar-refractivity contribution in [3.8, 4) is 0 Å². The fourth-order valence-electron chi connectivity index (χ4n) is 1.72. The Morgan fingerprint density at radius 2 is 2.33 bits per heavy atom. The Bertz CT molecular complexity index is 530. The largest absolute Gasteiger partial charge is 0.448 e. The van der Waals surface area contributed by atoms with Gasteiger partial charge in [-0.1, -0.05) is 6.92 Å². The molecule has 6 heteroatoms. The van der Waals surface area contributed by atoms with Crippen LogP contribution in [0, 0.1) is 6.92 Å². The third kappa shape index (κ3) is 2.58. The molecule has 2 rings (SSSR count). The molecule has 2 aromatic rings. The van der Waals surface area contributed by atoms with E-state index in [-0.39, 0.29) is 5.91 Å². The van der Waals surface area contributed by atoms with Crippen LogP contribution in [0.15, 0.2) is 23.2 Å². The van der Waals surface area contributed by atoms with Gasteiger partial charge in [0.1, 0.15) is 11.6 Å². The molecule has 0 aliphatic heterocycles. The number of rotatable bonds is 5. The average Bonchev–Trinajstić information content (AvgIpc) is 2.96. The molecule has 0 spiro atoms. The molecule has 0 saturated carbocycles. The first kappa shape index (κ1) is 12.3. The number of hydrogen-bond donors (Lipinski definition) is 1. The summed E-state index contributed by atoms with van der Waals surface area (Å²) < 4.78 is 7.02. The van der Waals surface area contributed by atoms with Crippen LogP contribution in [-0.2, 0) is 13.1 Å². The highest BCUT2D eigenvalue weighted by atomic mass is 16.3. The highest BCUT2D eigenvalue weighted by molar-refractivity contribution is 5.92. The monoisotopic (exact) mass is 248 g/mol. The Morgan fingerprint density at radius 3 is 3.00 bits per heavy atom. The van der Waals surface area contributed by atoms with Gasteiger partial charge >= 0.3 is 0 Å². The van der Waals surface area contributed by atoms with Gasteiger partial charge in [0.25, 0.3) is 5.91 Å². The van der Waals surface area contributed by atoms with E-state index < -0.39 is 0 Å². The number of aromatic nitrogens is 3. The topological polar surface area (TPSA) is 73.0 Å². The van der Waals surface area contributed by atoms with Crippen LogP contribution in [-0.4, -0.2) is 20.4 Å². The molecule has 0 aliphatic carbocycles. The molecular weight excluding hydrogens is 232 g/mol. The lowest BCUT2D eigenvalue weighted by molar-refractivity contribution is 0.0943. The Balaban J connectivity index is 1.97. The molecule has 0 atom stereocenters. The zero-order valence-corrected chi connectivity index (χ0v) is 10.5. The summed E-state index contributed by atoms with van der Waals surface area (Å²) in [6.07, 6.45) is 5.94. The quantitative estimate of drug-likeness (QED) is 0.870. The number of carbonyl (C=O) groups excluding carboxylic acids is 1. The molecule has 18 heavy (non-hydrogen) atoms. The van der Waals surface area contributed by atoms with E-state index in [0.717, 1.165) is 18.8 Å². The van der Waals surface area contributed by atoms with E-state index >= 15 is 0 Å². The molecule has 0 unspecified atom stereocenters. The summed E-state index contributed by atoms with van der Waals surface area (Å²) >= 11 is 0. The van der Waals surface area contributed by atoms with Crippen LogP contribution in [0.4, 0.5) is 0 Å². The van der Waals surface area contributed by atoms with Crippen molar-refractivity contribution in [3.05, 3.63) is 36.1 Å². The minimum Gasteiger partial charge on any atom is -0.448 e. The summed E-state index contributed by atoms with van der Waals surface area (Å²) in [4.78, 5) is 19.9. The molecule has 1 amide bonds. The van der Waals surface area contributed by atoms with Crippen molar-refractivity contribution in [2.24, 2.45) is 0 Å². The molecular formula is C12H16N4O2. The van der Waals surface area contributed by atoms with E-state index in [1.54, 1.807) is 13.1 Å². The number of imidazole rings is 1. The minimum absolute atomic E-state index is 0.243. The SMILES string of the molecule is CCCn1ccnc1CNC(=O)c1ncoc1C. The van der Waals surface area contributed by atoms with E-state index in [2.05, 4.69) is 22.2 Å². The fraction of sp³-hybridized carbons (Fsp3) is 0.417. The van der Waals surface area contributed by atoms with Gasteiger partial charge in [0, 0.05) is 18.9 Å². The van der Waals surface area contributed by atoms with Crippen LogP contribution in [0.5, 0.6) is 0 Å². The Morgan fingerprint density at radius 1 is 1.50 bits per heavy atom. The molecule has 0 aliphatic rings. The van der Waals surface area contributed by atoms with Crippen molar-refractivity contribution in [3.63, 3.8) is 0 Å². The van der Waals surface area contributed by atoms with Gasteiger partial charge in [-0.25, -0.2) is 9.97 Å². The van der Waals surface area contributed by atoms with Gasteiger partial charge < -0.3 is 14.3 Å². The standard InChI is InChI=1S/C12H16N4O2/c1-3-5-16-6-4-13-10(16)7-14-12(17)11-9(2)18-8-15-11/h4,6,8H,3,5,7H2,1-2H3,(H,14,17). The zero-order valence-electron chi connectivity index (χ0n) is 10.5. The first-order chi connectivity index (χ1) is 8.72. The minimum atomic E-state index is -0.243. The average molecular weight is 248 g/mol. The van der Waals surface area contributed by atoms with Gasteiger partial charge in [0.05, 0.1) is 6.54 Å². The third-order valence-electron chi connectivity index (χ3n) is 2.63. The van der Waals surface area contributed by atoms with Gasteiger partial charge in [0.2, 0.25) is 0 Å². The van der Waals surface area contributed by atoms with Crippen LogP contribution >= 0.6 is 0 Å². The van der Waals surface area contributed by atoms with Crippen LogP contribution in [0.3, 0.4) is 0 Å². The van der Waals surface area contributed by atoms with Crippen molar-refractivity contribution in [1.29, 1.82) is 0 Å². The normalized spacial score (nSPS) is 10.6. The molecule has 2 heterocycles. The fourth-order valence-corrected chi connectivity index (χ4v) is 1.72. The number of hydrogen-bond acceptors (Lipinski definition) is 4. The van der Waals surface area contributed by atoms with Gasteiger partial charge in [-0.15, -0.1) is 0 Å². The van der Waals surface area contributed by atoms with Crippen molar-refractivity contribution in [2.45, 2.75) is 33.4 Å². The lowest BCUT2D eigenvalue weighted by Crippen LogP contribution is -2.25. The number of nitrogens with one attached hydrogen (secondary N) is 1.